The maximum atomic E-state index is 5.48. The molecule has 0 fully saturated rings. The quantitative estimate of drug-likeness (QED) is 0.556. The van der Waals surface area contributed by atoms with Gasteiger partial charge in [0, 0.05) is 14.7 Å². The average molecular weight is 224 g/mol. The fraction of sp³-hybridized carbons (Fsp3) is 0.200. The second-order valence-electron chi connectivity index (χ2n) is 1.61. The van der Waals surface area contributed by atoms with E-state index in [0.717, 1.165) is 9.35 Å². The van der Waals surface area contributed by atoms with E-state index in [1.807, 2.05) is 11.4 Å². The van der Waals surface area contributed by atoms with Crippen molar-refractivity contribution >= 4 is 39.9 Å². The molecular formula is C5H6BrNS2. The highest BCUT2D eigenvalue weighted by molar-refractivity contribution is 9.10. The highest BCUT2D eigenvalue weighted by Gasteiger charge is 2.01. The molecule has 4 heteroatoms. The van der Waals surface area contributed by atoms with Gasteiger partial charge in [-0.15, -0.1) is 11.3 Å². The van der Waals surface area contributed by atoms with Crippen LogP contribution in [0.15, 0.2) is 15.9 Å². The fourth-order valence-corrected chi connectivity index (χ4v) is 2.07. The summed E-state index contributed by atoms with van der Waals surface area (Å²) >= 11 is 9.00. The summed E-state index contributed by atoms with van der Waals surface area (Å²) in [6, 6.07) is 1.97. The molecule has 1 rings (SSSR count). The van der Waals surface area contributed by atoms with Gasteiger partial charge >= 0.3 is 0 Å². The standard InChI is InChI=1S/C5H6BrNS2/c6-3-1-4(5(7)8)9-2-3/h1-2,5,8H,7H2. The molecule has 0 aliphatic heterocycles. The highest BCUT2D eigenvalue weighted by Crippen LogP contribution is 2.25. The van der Waals surface area contributed by atoms with Crippen LogP contribution >= 0.6 is 39.9 Å². The lowest BCUT2D eigenvalue weighted by molar-refractivity contribution is 1.08. The van der Waals surface area contributed by atoms with Crippen molar-refractivity contribution in [2.24, 2.45) is 5.73 Å². The van der Waals surface area contributed by atoms with Gasteiger partial charge in [0.1, 0.15) is 0 Å². The topological polar surface area (TPSA) is 26.0 Å². The Morgan fingerprint density at radius 3 is 2.67 bits per heavy atom. The van der Waals surface area contributed by atoms with Crippen LogP contribution in [0.2, 0.25) is 0 Å². The molecule has 0 saturated carbocycles. The van der Waals surface area contributed by atoms with Crippen LogP contribution in [0.25, 0.3) is 0 Å². The van der Waals surface area contributed by atoms with Gasteiger partial charge in [0.15, 0.2) is 0 Å². The molecule has 0 bridgehead atoms. The van der Waals surface area contributed by atoms with Crippen molar-refractivity contribution in [2.45, 2.75) is 5.37 Å². The molecule has 50 valence electrons. The molecule has 0 aliphatic carbocycles. The lowest BCUT2D eigenvalue weighted by Gasteiger charge is -1.95. The molecule has 9 heavy (non-hydrogen) atoms. The third-order valence-corrected chi connectivity index (χ3v) is 3.11. The first-order valence-electron chi connectivity index (χ1n) is 2.38. The maximum absolute atomic E-state index is 5.48. The van der Waals surface area contributed by atoms with Gasteiger partial charge in [-0.2, -0.15) is 12.6 Å². The first kappa shape index (κ1) is 7.60. The lowest BCUT2D eigenvalue weighted by Crippen LogP contribution is -1.98. The number of hydrogen-bond acceptors (Lipinski definition) is 3. The monoisotopic (exact) mass is 223 g/mol. The van der Waals surface area contributed by atoms with Gasteiger partial charge in [-0.1, -0.05) is 0 Å². The smallest absolute Gasteiger partial charge is 0.0828 e. The summed E-state index contributed by atoms with van der Waals surface area (Å²) < 4.78 is 1.08. The van der Waals surface area contributed by atoms with Crippen LogP contribution < -0.4 is 5.73 Å². The van der Waals surface area contributed by atoms with Crippen LogP contribution in [0.4, 0.5) is 0 Å². The summed E-state index contributed by atoms with van der Waals surface area (Å²) in [5, 5.41) is 1.85. The van der Waals surface area contributed by atoms with E-state index < -0.39 is 0 Å². The van der Waals surface area contributed by atoms with E-state index in [4.69, 9.17) is 5.73 Å². The molecule has 0 saturated heterocycles. The van der Waals surface area contributed by atoms with Crippen LogP contribution in [0.1, 0.15) is 10.3 Å². The Morgan fingerprint density at radius 1 is 1.78 bits per heavy atom. The molecule has 1 nitrogen and oxygen atoms in total. The van der Waals surface area contributed by atoms with E-state index in [1.165, 1.54) is 0 Å². The minimum Gasteiger partial charge on any atom is -0.315 e. The number of halogens is 1. The normalized spacial score (nSPS) is 13.7. The zero-order valence-electron chi connectivity index (χ0n) is 4.54. The summed E-state index contributed by atoms with van der Waals surface area (Å²) in [7, 11) is 0. The van der Waals surface area contributed by atoms with Crippen LogP contribution in [-0.2, 0) is 0 Å². The third-order valence-electron chi connectivity index (χ3n) is 0.879. The molecule has 1 unspecified atom stereocenters. The Labute approximate surface area is 71.8 Å². The van der Waals surface area contributed by atoms with Crippen LogP contribution in [0, 0.1) is 0 Å². The summed E-state index contributed by atoms with van der Waals surface area (Å²) in [6.07, 6.45) is 0. The predicted molar refractivity (Wildman–Crippen MR) is 47.9 cm³/mol. The molecule has 1 heterocycles. The number of nitrogens with two attached hydrogens (primary N) is 1. The molecule has 1 aromatic rings. The third kappa shape index (κ3) is 1.97. The van der Waals surface area contributed by atoms with E-state index in [2.05, 4.69) is 28.6 Å². The minimum absolute atomic E-state index is 0.138. The summed E-state index contributed by atoms with van der Waals surface area (Å²) in [4.78, 5) is 1.09. The zero-order valence-corrected chi connectivity index (χ0v) is 7.84. The molecule has 1 atom stereocenters. The van der Waals surface area contributed by atoms with E-state index in [1.54, 1.807) is 11.3 Å². The van der Waals surface area contributed by atoms with Crippen molar-refractivity contribution in [1.29, 1.82) is 0 Å². The summed E-state index contributed by atoms with van der Waals surface area (Å²) in [6.45, 7) is 0. The Hall–Kier alpha value is 0.490. The molecule has 0 spiro atoms. The fourth-order valence-electron chi connectivity index (χ4n) is 0.483. The van der Waals surface area contributed by atoms with Crippen molar-refractivity contribution in [3.05, 3.63) is 20.8 Å². The van der Waals surface area contributed by atoms with Gasteiger partial charge in [-0.3, -0.25) is 0 Å². The number of thiophene rings is 1. The Kier molecular flexibility index (Phi) is 2.58. The van der Waals surface area contributed by atoms with Crippen molar-refractivity contribution in [3.63, 3.8) is 0 Å². The van der Waals surface area contributed by atoms with Crippen molar-refractivity contribution in [2.75, 3.05) is 0 Å². The number of rotatable bonds is 1. The highest BCUT2D eigenvalue weighted by atomic mass is 79.9. The van der Waals surface area contributed by atoms with Crippen molar-refractivity contribution in [1.82, 2.24) is 0 Å². The largest absolute Gasteiger partial charge is 0.315 e. The van der Waals surface area contributed by atoms with Gasteiger partial charge in [-0.05, 0) is 22.0 Å². The zero-order chi connectivity index (χ0) is 6.85. The van der Waals surface area contributed by atoms with Gasteiger partial charge < -0.3 is 5.73 Å². The number of thiol groups is 1. The first-order valence-corrected chi connectivity index (χ1v) is 4.56. The first-order chi connectivity index (χ1) is 4.20. The molecule has 1 aromatic heterocycles. The van der Waals surface area contributed by atoms with E-state index >= 15 is 0 Å². The van der Waals surface area contributed by atoms with Crippen LogP contribution in [0.5, 0.6) is 0 Å². The molecule has 0 radical (unpaired) electrons. The Bertz CT molecular complexity index is 197. The van der Waals surface area contributed by atoms with Crippen molar-refractivity contribution < 1.29 is 0 Å². The second-order valence-corrected chi connectivity index (χ2v) is 4.03. The summed E-state index contributed by atoms with van der Waals surface area (Å²) in [5.41, 5.74) is 5.48. The molecular weight excluding hydrogens is 218 g/mol. The van der Waals surface area contributed by atoms with E-state index in [0.29, 0.717) is 0 Å². The Balaban J connectivity index is 2.85. The number of hydrogen-bond donors (Lipinski definition) is 2. The summed E-state index contributed by atoms with van der Waals surface area (Å²) in [5.74, 6) is 0. The SMILES string of the molecule is NC(S)c1cc(Br)cs1. The van der Waals surface area contributed by atoms with Gasteiger partial charge in [0.05, 0.1) is 5.37 Å². The predicted octanol–water partition coefficient (Wildman–Crippen LogP) is 2.40. The van der Waals surface area contributed by atoms with E-state index in [9.17, 15) is 0 Å². The Morgan fingerprint density at radius 2 is 2.44 bits per heavy atom. The molecule has 2 N–H and O–H groups in total. The second kappa shape index (κ2) is 3.05. The van der Waals surface area contributed by atoms with Crippen molar-refractivity contribution in [3.8, 4) is 0 Å². The van der Waals surface area contributed by atoms with Gasteiger partial charge in [0.2, 0.25) is 0 Å². The minimum atomic E-state index is -0.138. The molecule has 0 aromatic carbocycles. The van der Waals surface area contributed by atoms with Gasteiger partial charge in [-0.25, -0.2) is 0 Å². The lowest BCUT2D eigenvalue weighted by atomic mass is 10.5. The van der Waals surface area contributed by atoms with Crippen LogP contribution in [0.3, 0.4) is 0 Å². The van der Waals surface area contributed by atoms with Gasteiger partial charge in [0.25, 0.3) is 0 Å². The van der Waals surface area contributed by atoms with E-state index in [-0.39, 0.29) is 5.37 Å². The molecule has 0 amide bonds. The average Bonchev–Trinajstić information content (AvgIpc) is 2.14. The maximum Gasteiger partial charge on any atom is 0.0828 e. The van der Waals surface area contributed by atoms with Crippen LogP contribution in [-0.4, -0.2) is 0 Å². The molecule has 0 aliphatic rings.